The lowest BCUT2D eigenvalue weighted by atomic mass is 9.90. The summed E-state index contributed by atoms with van der Waals surface area (Å²) in [6.07, 6.45) is 2.91. The SMILES string of the molecule is Cc1ccc(S(=O)(=O)n2c(-c3cccc(N4[C@@H]5CC[C@H]4CC(C(=O)O)C5)c3)c(-c3ccsc3C#N)c3cc(F)ccc32)cc1. The summed E-state index contributed by atoms with van der Waals surface area (Å²) >= 11 is 1.24. The van der Waals surface area contributed by atoms with Gasteiger partial charge in [-0.25, -0.2) is 16.8 Å². The number of carbonyl (C=O) groups is 1. The molecule has 1 N–H and O–H groups in total. The fourth-order valence-corrected chi connectivity index (χ4v) is 9.28. The van der Waals surface area contributed by atoms with E-state index >= 15 is 0 Å². The minimum absolute atomic E-state index is 0.0721. The van der Waals surface area contributed by atoms with E-state index in [2.05, 4.69) is 11.0 Å². The zero-order chi connectivity index (χ0) is 30.7. The highest BCUT2D eigenvalue weighted by molar-refractivity contribution is 7.90. The van der Waals surface area contributed by atoms with Crippen molar-refractivity contribution in [3.8, 4) is 28.5 Å². The van der Waals surface area contributed by atoms with E-state index in [1.165, 1.54) is 33.5 Å². The molecular formula is C34H28FN3O4S2. The Balaban J connectivity index is 1.50. The highest BCUT2D eigenvalue weighted by Gasteiger charge is 2.43. The number of aromatic nitrogens is 1. The van der Waals surface area contributed by atoms with Crippen molar-refractivity contribution < 1.29 is 22.7 Å². The summed E-state index contributed by atoms with van der Waals surface area (Å²) < 4.78 is 45.2. The molecular weight excluding hydrogens is 598 g/mol. The van der Waals surface area contributed by atoms with Gasteiger partial charge in [-0.3, -0.25) is 4.79 Å². The molecule has 0 saturated carbocycles. The van der Waals surface area contributed by atoms with Crippen molar-refractivity contribution >= 4 is 43.9 Å². The number of carboxylic acids is 1. The van der Waals surface area contributed by atoms with E-state index in [1.54, 1.807) is 35.7 Å². The molecule has 222 valence electrons. The average molecular weight is 626 g/mol. The number of aliphatic carboxylic acids is 1. The molecule has 0 radical (unpaired) electrons. The fraction of sp³-hybridized carbons (Fsp3) is 0.235. The summed E-state index contributed by atoms with van der Waals surface area (Å²) in [5.41, 5.74) is 4.04. The number of thiophene rings is 1. The van der Waals surface area contributed by atoms with Gasteiger partial charge in [-0.2, -0.15) is 5.26 Å². The lowest BCUT2D eigenvalue weighted by Crippen LogP contribution is -2.44. The third-order valence-electron chi connectivity index (χ3n) is 8.98. The molecule has 3 atom stereocenters. The molecule has 0 spiro atoms. The Morgan fingerprint density at radius 2 is 1.75 bits per heavy atom. The van der Waals surface area contributed by atoms with E-state index in [1.807, 2.05) is 31.2 Å². The quantitative estimate of drug-likeness (QED) is 0.211. The molecule has 44 heavy (non-hydrogen) atoms. The van der Waals surface area contributed by atoms with Crippen molar-refractivity contribution in [3.63, 3.8) is 0 Å². The Bertz CT molecular complexity index is 2080. The standard InChI is InChI=1S/C34H28FN3O4S2/c1-20-5-10-27(11-6-20)44(41,42)38-30-12-7-23(35)18-29(30)32(28-13-14-43-31(28)19-36)33(38)21-3-2-4-24(15-21)37-25-8-9-26(37)17-22(16-25)34(39)40/h2-7,10-15,18,22,25-26H,8-9,16-17H2,1H3,(H,39,40)/t22?,25-,26+. The molecule has 2 fully saturated rings. The van der Waals surface area contributed by atoms with Gasteiger partial charge in [-0.05, 0) is 86.5 Å². The zero-order valence-electron chi connectivity index (χ0n) is 23.8. The Morgan fingerprint density at radius 3 is 2.43 bits per heavy atom. The topological polar surface area (TPSA) is 103 Å². The first-order chi connectivity index (χ1) is 21.2. The van der Waals surface area contributed by atoms with Gasteiger partial charge >= 0.3 is 5.97 Å². The van der Waals surface area contributed by atoms with Crippen LogP contribution >= 0.6 is 11.3 Å². The molecule has 2 saturated heterocycles. The van der Waals surface area contributed by atoms with E-state index in [4.69, 9.17) is 0 Å². The highest BCUT2D eigenvalue weighted by atomic mass is 32.2. The lowest BCUT2D eigenvalue weighted by molar-refractivity contribution is -0.142. The van der Waals surface area contributed by atoms with Gasteiger partial charge in [0.05, 0.1) is 22.0 Å². The van der Waals surface area contributed by atoms with Crippen molar-refractivity contribution in [2.45, 2.75) is 49.6 Å². The van der Waals surface area contributed by atoms with Gasteiger partial charge in [-0.15, -0.1) is 11.3 Å². The van der Waals surface area contributed by atoms with Crippen molar-refractivity contribution in [1.82, 2.24) is 3.97 Å². The molecule has 4 heterocycles. The molecule has 2 aliphatic rings. The first-order valence-electron chi connectivity index (χ1n) is 14.4. The molecule has 5 aromatic rings. The molecule has 0 aliphatic carbocycles. The predicted octanol–water partition coefficient (Wildman–Crippen LogP) is 7.43. The highest BCUT2D eigenvalue weighted by Crippen LogP contribution is 2.47. The third-order valence-corrected chi connectivity index (χ3v) is 11.5. The summed E-state index contributed by atoms with van der Waals surface area (Å²) in [5, 5.41) is 21.8. The van der Waals surface area contributed by atoms with Crippen molar-refractivity contribution in [2.24, 2.45) is 5.92 Å². The van der Waals surface area contributed by atoms with Crippen LogP contribution in [0.4, 0.5) is 10.1 Å². The summed E-state index contributed by atoms with van der Waals surface area (Å²) in [7, 11) is -4.19. The third kappa shape index (κ3) is 4.50. The van der Waals surface area contributed by atoms with Crippen LogP contribution < -0.4 is 4.90 Å². The number of benzene rings is 3. The van der Waals surface area contributed by atoms with Crippen molar-refractivity contribution in [3.05, 3.63) is 94.4 Å². The maximum Gasteiger partial charge on any atom is 0.306 e. The molecule has 7 rings (SSSR count). The van der Waals surface area contributed by atoms with E-state index in [9.17, 15) is 28.0 Å². The predicted molar refractivity (Wildman–Crippen MR) is 169 cm³/mol. The summed E-state index contributed by atoms with van der Waals surface area (Å²) in [5.74, 6) is -1.66. The van der Waals surface area contributed by atoms with Crippen LogP contribution in [-0.4, -0.2) is 35.5 Å². The maximum absolute atomic E-state index is 14.9. The van der Waals surface area contributed by atoms with Crippen LogP contribution in [-0.2, 0) is 14.8 Å². The average Bonchev–Trinajstić information content (AvgIpc) is 3.68. The molecule has 2 aliphatic heterocycles. The fourth-order valence-electron chi connectivity index (χ4n) is 7.04. The van der Waals surface area contributed by atoms with Crippen LogP contribution in [0.25, 0.3) is 33.3 Å². The number of nitrogens with zero attached hydrogens (tertiary/aromatic N) is 3. The summed E-state index contributed by atoms with van der Waals surface area (Å²) in [6, 6.07) is 22.4. The first kappa shape index (κ1) is 28.3. The Kier molecular flexibility index (Phi) is 6.83. The minimum Gasteiger partial charge on any atom is -0.481 e. The number of anilines is 1. The van der Waals surface area contributed by atoms with Gasteiger partial charge in [0.25, 0.3) is 10.0 Å². The number of halogens is 1. The largest absolute Gasteiger partial charge is 0.481 e. The van der Waals surface area contributed by atoms with Gasteiger partial charge in [0, 0.05) is 39.8 Å². The Morgan fingerprint density at radius 1 is 1.02 bits per heavy atom. The molecule has 7 nitrogen and oxygen atoms in total. The second-order valence-electron chi connectivity index (χ2n) is 11.6. The van der Waals surface area contributed by atoms with E-state index in [0.29, 0.717) is 51.0 Å². The molecule has 3 aromatic carbocycles. The Labute approximate surface area is 258 Å². The normalized spacial score (nSPS) is 19.8. The number of carboxylic acid groups (broad SMARTS) is 1. The van der Waals surface area contributed by atoms with Crippen LogP contribution in [0.3, 0.4) is 0 Å². The molecule has 0 amide bonds. The number of fused-ring (bicyclic) bond motifs is 3. The van der Waals surface area contributed by atoms with Gasteiger partial charge < -0.3 is 10.0 Å². The van der Waals surface area contributed by atoms with Crippen LogP contribution in [0.2, 0.25) is 0 Å². The number of rotatable bonds is 6. The van der Waals surface area contributed by atoms with Crippen LogP contribution in [0.1, 0.15) is 36.1 Å². The molecule has 10 heteroatoms. The van der Waals surface area contributed by atoms with Gasteiger partial charge in [0.1, 0.15) is 16.8 Å². The lowest BCUT2D eigenvalue weighted by Gasteiger charge is -2.39. The Hall–Kier alpha value is -4.46. The molecule has 1 unspecified atom stereocenters. The van der Waals surface area contributed by atoms with Crippen molar-refractivity contribution in [2.75, 3.05) is 4.90 Å². The van der Waals surface area contributed by atoms with Gasteiger partial charge in [0.15, 0.2) is 0 Å². The van der Waals surface area contributed by atoms with Crippen molar-refractivity contribution in [1.29, 1.82) is 5.26 Å². The van der Waals surface area contributed by atoms with Gasteiger partial charge in [0.2, 0.25) is 0 Å². The van der Waals surface area contributed by atoms with Gasteiger partial charge in [-0.1, -0.05) is 29.8 Å². The second kappa shape index (κ2) is 10.6. The number of aryl methyl sites for hydroxylation is 1. The summed E-state index contributed by atoms with van der Waals surface area (Å²) in [4.78, 5) is 14.6. The van der Waals surface area contributed by atoms with Crippen LogP contribution in [0.5, 0.6) is 0 Å². The first-order valence-corrected chi connectivity index (χ1v) is 16.7. The monoisotopic (exact) mass is 625 g/mol. The smallest absolute Gasteiger partial charge is 0.306 e. The maximum atomic E-state index is 14.9. The van der Waals surface area contributed by atoms with E-state index < -0.39 is 21.8 Å². The molecule has 2 bridgehead atoms. The number of hydrogen-bond donors (Lipinski definition) is 1. The number of nitriles is 1. The number of piperidine rings is 1. The van der Waals surface area contributed by atoms with E-state index in [-0.39, 0.29) is 22.9 Å². The minimum atomic E-state index is -4.19. The second-order valence-corrected chi connectivity index (χ2v) is 14.3. The summed E-state index contributed by atoms with van der Waals surface area (Å²) in [6.45, 7) is 1.88. The zero-order valence-corrected chi connectivity index (χ0v) is 25.4. The van der Waals surface area contributed by atoms with Crippen LogP contribution in [0, 0.1) is 30.0 Å². The van der Waals surface area contributed by atoms with E-state index in [0.717, 1.165) is 24.1 Å². The number of hydrogen-bond acceptors (Lipinski definition) is 6. The molecule has 2 aromatic heterocycles. The van der Waals surface area contributed by atoms with Crippen LogP contribution in [0.15, 0.2) is 83.1 Å².